The van der Waals surface area contributed by atoms with Crippen molar-refractivity contribution in [1.29, 1.82) is 0 Å². The monoisotopic (exact) mass is 236 g/mol. The van der Waals surface area contributed by atoms with Gasteiger partial charge >= 0.3 is 0 Å². The number of hydrogen-bond donors (Lipinski definition) is 0. The molecule has 0 aromatic carbocycles. The number of nitrogens with zero attached hydrogens (tertiary/aromatic N) is 5. The zero-order valence-electron chi connectivity index (χ0n) is 9.51. The zero-order valence-corrected chi connectivity index (χ0v) is 9.51. The lowest BCUT2D eigenvalue weighted by atomic mass is 10.4. The first-order chi connectivity index (χ1) is 8.93. The fourth-order valence-electron chi connectivity index (χ4n) is 2.22. The van der Waals surface area contributed by atoms with Crippen molar-refractivity contribution in [3.63, 3.8) is 0 Å². The van der Waals surface area contributed by atoms with E-state index in [1.54, 1.807) is 10.8 Å². The third-order valence-electron chi connectivity index (χ3n) is 3.02. The van der Waals surface area contributed by atoms with Crippen molar-refractivity contribution in [3.05, 3.63) is 61.3 Å². The summed E-state index contributed by atoms with van der Waals surface area (Å²) >= 11 is 0. The van der Waals surface area contributed by atoms with Gasteiger partial charge in [0.2, 0.25) is 11.8 Å². The number of fused-ring (bicyclic) bond motifs is 2. The average molecular weight is 236 g/mol. The van der Waals surface area contributed by atoms with Gasteiger partial charge in [0.1, 0.15) is 11.8 Å². The van der Waals surface area contributed by atoms with Crippen molar-refractivity contribution >= 4 is 11.2 Å². The zero-order chi connectivity index (χ0) is 11.9. The maximum absolute atomic E-state index is 4.30. The van der Waals surface area contributed by atoms with Crippen LogP contribution in [0.15, 0.2) is 61.3 Å². The molecule has 5 nitrogen and oxygen atoms in total. The van der Waals surface area contributed by atoms with Crippen molar-refractivity contribution in [1.82, 2.24) is 19.1 Å². The second-order valence-electron chi connectivity index (χ2n) is 4.05. The minimum atomic E-state index is 0.837. The molecule has 18 heavy (non-hydrogen) atoms. The topological polar surface area (TPSA) is 38.5 Å². The van der Waals surface area contributed by atoms with Crippen molar-refractivity contribution in [3.8, 4) is 5.69 Å². The SMILES string of the molecule is c1cc(-[n+]2cccc3cccn32)c2ncnn2c1. The third kappa shape index (κ3) is 1.18. The van der Waals surface area contributed by atoms with Crippen LogP contribution in [0.3, 0.4) is 0 Å². The summed E-state index contributed by atoms with van der Waals surface area (Å²) in [7, 11) is 0. The van der Waals surface area contributed by atoms with Crippen LogP contribution in [-0.4, -0.2) is 19.1 Å². The first-order valence-corrected chi connectivity index (χ1v) is 5.70. The van der Waals surface area contributed by atoms with Crippen LogP contribution in [0.5, 0.6) is 0 Å². The highest BCUT2D eigenvalue weighted by Gasteiger charge is 2.15. The van der Waals surface area contributed by atoms with Crippen molar-refractivity contribution in [2.24, 2.45) is 0 Å². The fraction of sp³-hybridized carbons (Fsp3) is 0. The van der Waals surface area contributed by atoms with E-state index >= 15 is 0 Å². The summed E-state index contributed by atoms with van der Waals surface area (Å²) in [6.45, 7) is 0. The summed E-state index contributed by atoms with van der Waals surface area (Å²) in [5.41, 5.74) is 2.97. The van der Waals surface area contributed by atoms with Gasteiger partial charge < -0.3 is 0 Å². The van der Waals surface area contributed by atoms with Gasteiger partial charge in [0.05, 0.1) is 6.20 Å². The molecule has 0 saturated heterocycles. The van der Waals surface area contributed by atoms with E-state index in [1.165, 1.54) is 0 Å². The second-order valence-corrected chi connectivity index (χ2v) is 4.05. The minimum absolute atomic E-state index is 0.837. The predicted octanol–water partition coefficient (Wildman–Crippen LogP) is 1.26. The van der Waals surface area contributed by atoms with Gasteiger partial charge in [0.25, 0.3) is 5.69 Å². The Morgan fingerprint density at radius 2 is 1.89 bits per heavy atom. The van der Waals surface area contributed by atoms with E-state index in [9.17, 15) is 0 Å². The molecule has 4 aromatic heterocycles. The molecule has 0 atom stereocenters. The van der Waals surface area contributed by atoms with Crippen LogP contribution in [0, 0.1) is 0 Å². The number of hydrogen-bond acceptors (Lipinski definition) is 2. The van der Waals surface area contributed by atoms with Gasteiger partial charge in [-0.1, -0.05) is 4.68 Å². The predicted molar refractivity (Wildman–Crippen MR) is 65.5 cm³/mol. The molecule has 4 heterocycles. The van der Waals surface area contributed by atoms with Crippen molar-refractivity contribution in [2.75, 3.05) is 0 Å². The highest BCUT2D eigenvalue weighted by molar-refractivity contribution is 5.52. The van der Waals surface area contributed by atoms with E-state index in [4.69, 9.17) is 0 Å². The molecular weight excluding hydrogens is 226 g/mol. The molecule has 0 unspecified atom stereocenters. The molecule has 0 radical (unpaired) electrons. The largest absolute Gasteiger partial charge is 0.280 e. The quantitative estimate of drug-likeness (QED) is 0.467. The van der Waals surface area contributed by atoms with Gasteiger partial charge in [-0.25, -0.2) is 9.50 Å². The van der Waals surface area contributed by atoms with Gasteiger partial charge in [0, 0.05) is 18.3 Å². The van der Waals surface area contributed by atoms with E-state index in [0.29, 0.717) is 0 Å². The summed E-state index contributed by atoms with van der Waals surface area (Å²) in [6.07, 6.45) is 7.49. The number of rotatable bonds is 1. The molecule has 4 aromatic rings. The number of pyridine rings is 1. The van der Waals surface area contributed by atoms with Gasteiger partial charge in [0.15, 0.2) is 0 Å². The van der Waals surface area contributed by atoms with Crippen LogP contribution < -0.4 is 4.68 Å². The smallest absolute Gasteiger partial charge is 0.215 e. The minimum Gasteiger partial charge on any atom is -0.215 e. The molecule has 0 aliphatic carbocycles. The Balaban J connectivity index is 2.13. The lowest BCUT2D eigenvalue weighted by Crippen LogP contribution is -2.38. The van der Waals surface area contributed by atoms with E-state index in [0.717, 1.165) is 16.9 Å². The Labute approximate surface area is 103 Å². The van der Waals surface area contributed by atoms with Crippen molar-refractivity contribution in [2.45, 2.75) is 0 Å². The summed E-state index contributed by atoms with van der Waals surface area (Å²) < 4.78 is 5.90. The maximum atomic E-state index is 4.30. The highest BCUT2D eigenvalue weighted by Crippen LogP contribution is 2.08. The average Bonchev–Trinajstić information content (AvgIpc) is 3.06. The summed E-state index contributed by atoms with van der Waals surface area (Å²) in [5.74, 6) is 0. The maximum Gasteiger partial charge on any atom is 0.280 e. The van der Waals surface area contributed by atoms with Crippen LogP contribution in [-0.2, 0) is 0 Å². The third-order valence-corrected chi connectivity index (χ3v) is 3.02. The Hall–Kier alpha value is -2.69. The fourth-order valence-corrected chi connectivity index (χ4v) is 2.22. The summed E-state index contributed by atoms with van der Waals surface area (Å²) in [4.78, 5) is 4.30. The Kier molecular flexibility index (Phi) is 1.77. The molecule has 0 spiro atoms. The first kappa shape index (κ1) is 9.35. The van der Waals surface area contributed by atoms with Crippen molar-refractivity contribution < 1.29 is 4.68 Å². The molecule has 4 rings (SSSR count). The lowest BCUT2D eigenvalue weighted by Gasteiger charge is -1.99. The standard InChI is InChI=1S/C13H10N5/c1-4-11-5-2-9-18(17(11)8-1)12-6-3-7-16-13(12)14-10-15-16/h1-10H/q+1. The van der Waals surface area contributed by atoms with Gasteiger partial charge in [-0.3, -0.25) is 0 Å². The van der Waals surface area contributed by atoms with Gasteiger partial charge in [-0.05, 0) is 24.3 Å². The van der Waals surface area contributed by atoms with E-state index in [1.807, 2.05) is 42.9 Å². The molecule has 0 fully saturated rings. The summed E-state index contributed by atoms with van der Waals surface area (Å²) in [6, 6.07) is 12.2. The van der Waals surface area contributed by atoms with Gasteiger partial charge in [-0.2, -0.15) is 5.10 Å². The Morgan fingerprint density at radius 3 is 2.89 bits per heavy atom. The van der Waals surface area contributed by atoms with Gasteiger partial charge in [-0.15, -0.1) is 4.52 Å². The molecule has 0 N–H and O–H groups in total. The normalized spacial score (nSPS) is 11.3. The lowest BCUT2D eigenvalue weighted by molar-refractivity contribution is -0.669. The molecule has 0 aliphatic heterocycles. The molecule has 0 bridgehead atoms. The molecule has 5 heteroatoms. The molecular formula is C13H10N5+. The van der Waals surface area contributed by atoms with E-state index in [2.05, 4.69) is 31.4 Å². The van der Waals surface area contributed by atoms with E-state index < -0.39 is 0 Å². The molecule has 0 saturated carbocycles. The van der Waals surface area contributed by atoms with Crippen LogP contribution in [0.1, 0.15) is 0 Å². The van der Waals surface area contributed by atoms with E-state index in [-0.39, 0.29) is 0 Å². The molecule has 0 amide bonds. The highest BCUT2D eigenvalue weighted by atomic mass is 15.4. The number of aromatic nitrogens is 5. The first-order valence-electron chi connectivity index (χ1n) is 5.70. The molecule has 86 valence electrons. The van der Waals surface area contributed by atoms with Crippen LogP contribution in [0.2, 0.25) is 0 Å². The summed E-state index contributed by atoms with van der Waals surface area (Å²) in [5, 5.41) is 4.16. The Morgan fingerprint density at radius 1 is 1.00 bits per heavy atom. The molecule has 0 aliphatic rings. The Bertz CT molecular complexity index is 770. The van der Waals surface area contributed by atoms with Crippen LogP contribution in [0.25, 0.3) is 16.9 Å². The van der Waals surface area contributed by atoms with Crippen LogP contribution >= 0.6 is 0 Å². The second kappa shape index (κ2) is 3.40. The van der Waals surface area contributed by atoms with Crippen LogP contribution in [0.4, 0.5) is 0 Å².